The molecule has 3 aliphatic rings. The van der Waals surface area contributed by atoms with Crippen molar-refractivity contribution in [1.82, 2.24) is 15.3 Å². The molecule has 1 spiro atoms. The zero-order chi connectivity index (χ0) is 19.7. The standard InChI is InChI=1S/C23H28N4O2/c28-21(26-16-17-6-7-17)15-19-14-18-4-1-2-5-20(18)23(29-19)8-12-27(13-9-23)22-24-10-3-11-25-22/h1-5,10-11,17,19H,6-9,12-16H2,(H,26,28). The molecule has 2 aliphatic heterocycles. The van der Waals surface area contributed by atoms with E-state index in [9.17, 15) is 4.79 Å². The van der Waals surface area contributed by atoms with E-state index in [0.717, 1.165) is 44.8 Å². The Morgan fingerprint density at radius 3 is 2.66 bits per heavy atom. The van der Waals surface area contributed by atoms with Crippen LogP contribution in [-0.2, 0) is 21.6 Å². The van der Waals surface area contributed by atoms with Gasteiger partial charge in [0.15, 0.2) is 0 Å². The van der Waals surface area contributed by atoms with Crippen LogP contribution < -0.4 is 10.2 Å². The Hall–Kier alpha value is -2.47. The normalized spacial score (nSPS) is 22.9. The number of aromatic nitrogens is 2. The Morgan fingerprint density at radius 2 is 1.90 bits per heavy atom. The van der Waals surface area contributed by atoms with E-state index in [-0.39, 0.29) is 17.6 Å². The molecule has 5 rings (SSSR count). The van der Waals surface area contributed by atoms with E-state index in [2.05, 4.69) is 44.5 Å². The van der Waals surface area contributed by atoms with Gasteiger partial charge in [-0.3, -0.25) is 4.79 Å². The van der Waals surface area contributed by atoms with Crippen molar-refractivity contribution in [2.75, 3.05) is 24.5 Å². The van der Waals surface area contributed by atoms with Crippen LogP contribution in [0.25, 0.3) is 0 Å². The Morgan fingerprint density at radius 1 is 1.14 bits per heavy atom. The smallest absolute Gasteiger partial charge is 0.225 e. The summed E-state index contributed by atoms with van der Waals surface area (Å²) in [7, 11) is 0. The average Bonchev–Trinajstić information content (AvgIpc) is 3.58. The summed E-state index contributed by atoms with van der Waals surface area (Å²) in [6.07, 6.45) is 9.00. The highest BCUT2D eigenvalue weighted by Gasteiger charge is 2.44. The summed E-state index contributed by atoms with van der Waals surface area (Å²) in [6.45, 7) is 2.51. The summed E-state index contributed by atoms with van der Waals surface area (Å²) < 4.78 is 6.69. The molecule has 1 aromatic carbocycles. The molecule has 1 N–H and O–H groups in total. The predicted molar refractivity (Wildman–Crippen MR) is 111 cm³/mol. The average molecular weight is 393 g/mol. The lowest BCUT2D eigenvalue weighted by atomic mass is 9.78. The minimum absolute atomic E-state index is 0.0661. The molecule has 2 fully saturated rings. The first kappa shape index (κ1) is 18.6. The maximum Gasteiger partial charge on any atom is 0.225 e. The van der Waals surface area contributed by atoms with E-state index in [1.807, 2.05) is 6.07 Å². The van der Waals surface area contributed by atoms with Crippen molar-refractivity contribution in [2.45, 2.75) is 50.2 Å². The summed E-state index contributed by atoms with van der Waals surface area (Å²) in [6, 6.07) is 10.4. The maximum atomic E-state index is 12.4. The number of piperidine rings is 1. The number of carbonyl (C=O) groups excluding carboxylic acids is 1. The molecule has 152 valence electrons. The molecule has 29 heavy (non-hydrogen) atoms. The highest BCUT2D eigenvalue weighted by atomic mass is 16.5. The van der Waals surface area contributed by atoms with Crippen molar-refractivity contribution in [3.05, 3.63) is 53.9 Å². The lowest BCUT2D eigenvalue weighted by molar-refractivity contribution is -0.141. The summed E-state index contributed by atoms with van der Waals surface area (Å²) in [5, 5.41) is 3.09. The van der Waals surface area contributed by atoms with E-state index in [0.29, 0.717) is 12.3 Å². The second-order valence-electron chi connectivity index (χ2n) is 8.58. The summed E-state index contributed by atoms with van der Waals surface area (Å²) in [5.41, 5.74) is 2.30. The van der Waals surface area contributed by atoms with Gasteiger partial charge in [0.2, 0.25) is 11.9 Å². The molecule has 6 heteroatoms. The molecular weight excluding hydrogens is 364 g/mol. The van der Waals surface area contributed by atoms with Gasteiger partial charge >= 0.3 is 0 Å². The minimum atomic E-state index is -0.318. The van der Waals surface area contributed by atoms with E-state index in [1.54, 1.807) is 12.4 Å². The van der Waals surface area contributed by atoms with Gasteiger partial charge in [-0.15, -0.1) is 0 Å². The van der Waals surface area contributed by atoms with Crippen molar-refractivity contribution < 1.29 is 9.53 Å². The molecule has 1 saturated heterocycles. The van der Waals surface area contributed by atoms with Gasteiger partial charge in [0.25, 0.3) is 0 Å². The van der Waals surface area contributed by atoms with E-state index < -0.39 is 0 Å². The van der Waals surface area contributed by atoms with Crippen molar-refractivity contribution in [2.24, 2.45) is 5.92 Å². The van der Waals surface area contributed by atoms with Crippen LogP contribution in [0.4, 0.5) is 5.95 Å². The zero-order valence-corrected chi connectivity index (χ0v) is 16.7. The maximum absolute atomic E-state index is 12.4. The number of fused-ring (bicyclic) bond motifs is 2. The molecule has 0 bridgehead atoms. The van der Waals surface area contributed by atoms with E-state index in [4.69, 9.17) is 4.74 Å². The molecule has 1 unspecified atom stereocenters. The Balaban J connectivity index is 1.31. The number of hydrogen-bond donors (Lipinski definition) is 1. The van der Waals surface area contributed by atoms with Crippen LogP contribution in [0.3, 0.4) is 0 Å². The van der Waals surface area contributed by atoms with Gasteiger partial charge in [0.1, 0.15) is 0 Å². The van der Waals surface area contributed by atoms with Crippen molar-refractivity contribution in [1.29, 1.82) is 0 Å². The number of amides is 1. The monoisotopic (exact) mass is 392 g/mol. The molecule has 1 aromatic heterocycles. The Bertz CT molecular complexity index is 860. The first-order valence-electron chi connectivity index (χ1n) is 10.8. The number of nitrogens with zero attached hydrogens (tertiary/aromatic N) is 3. The van der Waals surface area contributed by atoms with Gasteiger partial charge in [0, 0.05) is 32.0 Å². The Kier molecular flexibility index (Phi) is 4.96. The van der Waals surface area contributed by atoms with Crippen LogP contribution in [0.2, 0.25) is 0 Å². The molecule has 6 nitrogen and oxygen atoms in total. The molecule has 1 aliphatic carbocycles. The van der Waals surface area contributed by atoms with Crippen molar-refractivity contribution in [3.63, 3.8) is 0 Å². The fourth-order valence-corrected chi connectivity index (χ4v) is 4.69. The van der Waals surface area contributed by atoms with Gasteiger partial charge in [-0.2, -0.15) is 0 Å². The third-order valence-corrected chi connectivity index (χ3v) is 6.45. The summed E-state index contributed by atoms with van der Waals surface area (Å²) in [4.78, 5) is 23.5. The largest absolute Gasteiger partial charge is 0.366 e. The third-order valence-electron chi connectivity index (χ3n) is 6.45. The van der Waals surface area contributed by atoms with E-state index in [1.165, 1.54) is 24.0 Å². The number of hydrogen-bond acceptors (Lipinski definition) is 5. The van der Waals surface area contributed by atoms with E-state index >= 15 is 0 Å². The second kappa shape index (κ2) is 7.75. The van der Waals surface area contributed by atoms with Gasteiger partial charge in [-0.05, 0) is 55.2 Å². The molecule has 0 radical (unpaired) electrons. The lowest BCUT2D eigenvalue weighted by Gasteiger charge is -2.47. The third kappa shape index (κ3) is 3.99. The van der Waals surface area contributed by atoms with Crippen LogP contribution in [-0.4, -0.2) is 41.6 Å². The summed E-state index contributed by atoms with van der Waals surface area (Å²) in [5.74, 6) is 1.59. The molecule has 1 amide bonds. The number of rotatable bonds is 5. The van der Waals surface area contributed by atoms with Crippen LogP contribution in [0.5, 0.6) is 0 Å². The fraction of sp³-hybridized carbons (Fsp3) is 0.522. The van der Waals surface area contributed by atoms with Crippen LogP contribution in [0.1, 0.15) is 43.2 Å². The highest BCUT2D eigenvalue weighted by molar-refractivity contribution is 5.76. The Labute approximate surface area is 171 Å². The molecule has 3 heterocycles. The number of ether oxygens (including phenoxy) is 1. The topological polar surface area (TPSA) is 67.4 Å². The van der Waals surface area contributed by atoms with Crippen molar-refractivity contribution >= 4 is 11.9 Å². The molecule has 1 atom stereocenters. The number of benzene rings is 1. The molecule has 2 aromatic rings. The van der Waals surface area contributed by atoms with Crippen LogP contribution in [0.15, 0.2) is 42.7 Å². The van der Waals surface area contributed by atoms with Gasteiger partial charge in [-0.25, -0.2) is 9.97 Å². The quantitative estimate of drug-likeness (QED) is 0.848. The number of carbonyl (C=O) groups is 1. The van der Waals surface area contributed by atoms with Gasteiger partial charge < -0.3 is 15.0 Å². The molecular formula is C23H28N4O2. The van der Waals surface area contributed by atoms with Gasteiger partial charge in [0.05, 0.1) is 18.1 Å². The predicted octanol–water partition coefficient (Wildman–Crippen LogP) is 2.83. The fourth-order valence-electron chi connectivity index (χ4n) is 4.69. The first-order valence-corrected chi connectivity index (χ1v) is 10.8. The lowest BCUT2D eigenvalue weighted by Crippen LogP contribution is -2.50. The summed E-state index contributed by atoms with van der Waals surface area (Å²) >= 11 is 0. The SMILES string of the molecule is O=C(CC1Cc2ccccc2C2(CCN(c3ncccn3)CC2)O1)NCC1CC1. The number of anilines is 1. The second-order valence-corrected chi connectivity index (χ2v) is 8.58. The van der Waals surface area contributed by atoms with Crippen LogP contribution in [0, 0.1) is 5.92 Å². The van der Waals surface area contributed by atoms with Crippen molar-refractivity contribution in [3.8, 4) is 0 Å². The highest BCUT2D eigenvalue weighted by Crippen LogP contribution is 2.44. The number of nitrogens with one attached hydrogen (secondary N) is 1. The molecule has 1 saturated carbocycles. The minimum Gasteiger partial charge on any atom is -0.366 e. The zero-order valence-electron chi connectivity index (χ0n) is 16.7. The van der Waals surface area contributed by atoms with Crippen LogP contribution >= 0.6 is 0 Å². The van der Waals surface area contributed by atoms with Gasteiger partial charge in [-0.1, -0.05) is 24.3 Å². The first-order chi connectivity index (χ1) is 14.2.